The summed E-state index contributed by atoms with van der Waals surface area (Å²) in [6, 6.07) is 7.38. The normalized spacial score (nSPS) is 16.5. The van der Waals surface area contributed by atoms with Crippen molar-refractivity contribution in [1.82, 2.24) is 4.98 Å². The van der Waals surface area contributed by atoms with Crippen LogP contribution in [0.5, 0.6) is 0 Å². The van der Waals surface area contributed by atoms with E-state index >= 15 is 0 Å². The molecule has 2 heterocycles. The van der Waals surface area contributed by atoms with E-state index in [0.29, 0.717) is 10.7 Å². The molecule has 0 spiro atoms. The van der Waals surface area contributed by atoms with Crippen molar-refractivity contribution < 1.29 is 23.5 Å². The van der Waals surface area contributed by atoms with Crippen LogP contribution in [0.2, 0.25) is 0 Å². The van der Waals surface area contributed by atoms with Gasteiger partial charge in [-0.3, -0.25) is 9.59 Å². The molecular weight excluding hydrogens is 474 g/mol. The molecule has 1 N–H and O–H groups in total. The van der Waals surface area contributed by atoms with Gasteiger partial charge in [0.2, 0.25) is 5.91 Å². The first-order valence-electron chi connectivity index (χ1n) is 8.06. The van der Waals surface area contributed by atoms with E-state index in [1.54, 1.807) is 12.1 Å². The Morgan fingerprint density at radius 3 is 2.71 bits per heavy atom. The Morgan fingerprint density at radius 1 is 1.25 bits per heavy atom. The van der Waals surface area contributed by atoms with Crippen LogP contribution in [0.25, 0.3) is 10.2 Å². The molecule has 4 rings (SSSR count). The van der Waals surface area contributed by atoms with Gasteiger partial charge in [-0.15, -0.1) is 23.1 Å². The molecule has 0 radical (unpaired) electrons. The number of aromatic nitrogens is 1. The zero-order chi connectivity index (χ0) is 20.0. The minimum absolute atomic E-state index is 0.00235. The molecule has 3 aromatic rings. The van der Waals surface area contributed by atoms with Gasteiger partial charge in [0.15, 0.2) is 5.82 Å². The molecule has 0 bridgehead atoms. The monoisotopic (exact) mass is 484 g/mol. The number of thiazole rings is 1. The van der Waals surface area contributed by atoms with Gasteiger partial charge in [-0.05, 0) is 30.3 Å². The largest absolute Gasteiger partial charge is 0.481 e. The smallest absolute Gasteiger partial charge is 0.305 e. The number of nitrogens with zero attached hydrogens (tertiary/aromatic N) is 2. The highest BCUT2D eigenvalue weighted by molar-refractivity contribution is 9.10. The van der Waals surface area contributed by atoms with Crippen LogP contribution >= 0.6 is 39.0 Å². The molecule has 1 aliphatic heterocycles. The van der Waals surface area contributed by atoms with Crippen LogP contribution in [0.4, 0.5) is 14.5 Å². The fraction of sp³-hybridized carbons (Fsp3) is 0.167. The second-order valence-corrected chi connectivity index (χ2v) is 9.30. The van der Waals surface area contributed by atoms with Crippen molar-refractivity contribution in [3.05, 3.63) is 51.4 Å². The summed E-state index contributed by atoms with van der Waals surface area (Å²) < 4.78 is 28.8. The molecule has 1 atom stereocenters. The van der Waals surface area contributed by atoms with Crippen LogP contribution in [-0.4, -0.2) is 27.2 Å². The Hall–Kier alpha value is -2.04. The average molecular weight is 485 g/mol. The highest BCUT2D eigenvalue weighted by atomic mass is 79.9. The number of carboxylic acids is 1. The first kappa shape index (κ1) is 19.3. The molecule has 5 nitrogen and oxygen atoms in total. The van der Waals surface area contributed by atoms with E-state index < -0.39 is 22.9 Å². The number of hydrogen-bond acceptors (Lipinski definition) is 5. The number of amides is 1. The summed E-state index contributed by atoms with van der Waals surface area (Å²) in [7, 11) is 0. The molecule has 10 heteroatoms. The topological polar surface area (TPSA) is 70.5 Å². The van der Waals surface area contributed by atoms with Crippen LogP contribution in [0.1, 0.15) is 11.4 Å². The number of aliphatic carboxylic acids is 1. The van der Waals surface area contributed by atoms with Crippen LogP contribution in [0.15, 0.2) is 39.7 Å². The molecule has 2 aromatic carbocycles. The molecule has 28 heavy (non-hydrogen) atoms. The van der Waals surface area contributed by atoms with E-state index in [0.717, 1.165) is 32.8 Å². The molecule has 1 aliphatic rings. The SMILES string of the molecule is O=C(O)CC1Sc2cc(Br)ccc2N(Cc2nc3c(F)ccc(F)c3s2)C1=O. The van der Waals surface area contributed by atoms with Crippen LogP contribution in [-0.2, 0) is 16.1 Å². The number of benzene rings is 2. The minimum atomic E-state index is -1.08. The number of fused-ring (bicyclic) bond motifs is 2. The Kier molecular flexibility index (Phi) is 5.11. The average Bonchev–Trinajstić information content (AvgIpc) is 3.06. The number of carbonyl (C=O) groups excluding carboxylic acids is 1. The molecule has 0 aliphatic carbocycles. The first-order valence-corrected chi connectivity index (χ1v) is 10.5. The van der Waals surface area contributed by atoms with E-state index in [4.69, 9.17) is 5.11 Å². The highest BCUT2D eigenvalue weighted by Gasteiger charge is 2.35. The summed E-state index contributed by atoms with van der Waals surface area (Å²) in [5.41, 5.74) is 0.539. The standard InChI is InChI=1S/C18H11BrF2N2O3S2/c19-8-1-4-11-12(5-8)27-13(6-15(24)25)18(26)23(11)7-14-22-16-9(20)2-3-10(21)17(16)28-14/h1-5,13H,6-7H2,(H,24,25). The number of thioether (sulfide) groups is 1. The lowest BCUT2D eigenvalue weighted by atomic mass is 10.2. The second kappa shape index (κ2) is 7.41. The quantitative estimate of drug-likeness (QED) is 0.574. The lowest BCUT2D eigenvalue weighted by Crippen LogP contribution is -2.41. The molecule has 0 saturated heterocycles. The van der Waals surface area contributed by atoms with Gasteiger partial charge in [0, 0.05) is 9.37 Å². The summed E-state index contributed by atoms with van der Waals surface area (Å²) in [6.45, 7) is 0.00235. The summed E-state index contributed by atoms with van der Waals surface area (Å²) in [4.78, 5) is 30.4. The van der Waals surface area contributed by atoms with Crippen molar-refractivity contribution in [1.29, 1.82) is 0 Å². The van der Waals surface area contributed by atoms with Crippen molar-refractivity contribution in [2.45, 2.75) is 23.1 Å². The number of hydrogen-bond donors (Lipinski definition) is 1. The van der Waals surface area contributed by atoms with Gasteiger partial charge in [0.05, 0.1) is 28.6 Å². The zero-order valence-electron chi connectivity index (χ0n) is 14.0. The molecule has 1 amide bonds. The predicted octanol–water partition coefficient (Wildman–Crippen LogP) is 4.82. The Balaban J connectivity index is 1.75. The van der Waals surface area contributed by atoms with Gasteiger partial charge in [0.1, 0.15) is 16.3 Å². The van der Waals surface area contributed by atoms with Gasteiger partial charge < -0.3 is 10.0 Å². The predicted molar refractivity (Wildman–Crippen MR) is 107 cm³/mol. The maximum absolute atomic E-state index is 14.0. The van der Waals surface area contributed by atoms with Crippen molar-refractivity contribution in [3.63, 3.8) is 0 Å². The van der Waals surface area contributed by atoms with Crippen LogP contribution in [0, 0.1) is 11.6 Å². The summed E-state index contributed by atoms with van der Waals surface area (Å²) in [5.74, 6) is -2.66. The van der Waals surface area contributed by atoms with Crippen molar-refractivity contribution in [2.75, 3.05) is 4.90 Å². The fourth-order valence-electron chi connectivity index (χ4n) is 2.94. The number of carboxylic acid groups (broad SMARTS) is 1. The van der Waals surface area contributed by atoms with Crippen molar-refractivity contribution in [3.8, 4) is 0 Å². The van der Waals surface area contributed by atoms with Gasteiger partial charge in [-0.25, -0.2) is 13.8 Å². The van der Waals surface area contributed by atoms with E-state index in [-0.39, 0.29) is 29.1 Å². The number of carbonyl (C=O) groups is 2. The van der Waals surface area contributed by atoms with Crippen LogP contribution < -0.4 is 4.90 Å². The van der Waals surface area contributed by atoms with Gasteiger partial charge in [-0.2, -0.15) is 0 Å². The maximum Gasteiger partial charge on any atom is 0.305 e. The van der Waals surface area contributed by atoms with E-state index in [1.807, 2.05) is 6.07 Å². The van der Waals surface area contributed by atoms with Gasteiger partial charge in [-0.1, -0.05) is 15.9 Å². The lowest BCUT2D eigenvalue weighted by Gasteiger charge is -2.32. The summed E-state index contributed by atoms with van der Waals surface area (Å²) in [5, 5.41) is 8.70. The van der Waals surface area contributed by atoms with Crippen LogP contribution in [0.3, 0.4) is 0 Å². The fourth-order valence-corrected chi connectivity index (χ4v) is 5.68. The molecule has 1 aromatic heterocycles. The Morgan fingerprint density at radius 2 is 2.00 bits per heavy atom. The van der Waals surface area contributed by atoms with Gasteiger partial charge >= 0.3 is 5.97 Å². The molecule has 0 saturated carbocycles. The first-order chi connectivity index (χ1) is 13.3. The molecule has 144 valence electrons. The second-order valence-electron chi connectivity index (χ2n) is 6.06. The Bertz CT molecular complexity index is 1080. The third kappa shape index (κ3) is 3.51. The summed E-state index contributed by atoms with van der Waals surface area (Å²) in [6.07, 6.45) is -0.324. The van der Waals surface area contributed by atoms with Crippen molar-refractivity contribution >= 4 is 66.8 Å². The van der Waals surface area contributed by atoms with E-state index in [1.165, 1.54) is 16.7 Å². The lowest BCUT2D eigenvalue weighted by molar-refractivity contribution is -0.138. The number of anilines is 1. The third-order valence-corrected chi connectivity index (χ3v) is 6.94. The molecule has 0 fully saturated rings. The third-order valence-electron chi connectivity index (χ3n) is 4.17. The highest BCUT2D eigenvalue weighted by Crippen LogP contribution is 2.42. The molecular formula is C18H11BrF2N2O3S2. The number of halogens is 3. The number of rotatable bonds is 4. The van der Waals surface area contributed by atoms with Crippen molar-refractivity contribution in [2.24, 2.45) is 0 Å². The maximum atomic E-state index is 14.0. The molecule has 1 unspecified atom stereocenters. The van der Waals surface area contributed by atoms with E-state index in [9.17, 15) is 18.4 Å². The Labute approximate surface area is 174 Å². The zero-order valence-corrected chi connectivity index (χ0v) is 17.2. The minimum Gasteiger partial charge on any atom is -0.481 e. The summed E-state index contributed by atoms with van der Waals surface area (Å²) >= 11 is 5.54. The van der Waals surface area contributed by atoms with E-state index in [2.05, 4.69) is 20.9 Å². The van der Waals surface area contributed by atoms with Gasteiger partial charge in [0.25, 0.3) is 0 Å².